The maximum atomic E-state index is 11.9. The number of rotatable bonds is 2. The largest absolute Gasteiger partial charge is 0.334 e. The summed E-state index contributed by atoms with van der Waals surface area (Å²) in [6.07, 6.45) is 0.573. The summed E-state index contributed by atoms with van der Waals surface area (Å²) in [7, 11) is 1.51. The Labute approximate surface area is 96.7 Å². The van der Waals surface area contributed by atoms with Crippen molar-refractivity contribution in [1.82, 2.24) is 9.13 Å². The third-order valence-corrected chi connectivity index (χ3v) is 2.74. The lowest BCUT2D eigenvalue weighted by atomic mass is 10.3. The van der Waals surface area contributed by atoms with Gasteiger partial charge in [-0.25, -0.2) is 4.79 Å². The number of hydrogen-bond acceptors (Lipinski definition) is 2. The van der Waals surface area contributed by atoms with Gasteiger partial charge in [0.05, 0.1) is 5.69 Å². The highest BCUT2D eigenvalue weighted by molar-refractivity contribution is 6.32. The fourth-order valence-corrected chi connectivity index (χ4v) is 1.86. The number of carbonyl (C=O) groups excluding carboxylic acids is 1. The van der Waals surface area contributed by atoms with Gasteiger partial charge >= 0.3 is 5.69 Å². The Bertz CT molecular complexity index is 584. The topological polar surface area (TPSA) is 44.0 Å². The van der Waals surface area contributed by atoms with Crippen molar-refractivity contribution in [2.45, 2.75) is 0 Å². The molecule has 0 unspecified atom stereocenters. The molecule has 0 amide bonds. The molecule has 5 heteroatoms. The van der Waals surface area contributed by atoms with Gasteiger partial charge in [-0.05, 0) is 12.1 Å². The van der Waals surface area contributed by atoms with Crippen LogP contribution >= 0.6 is 11.6 Å². The molecule has 0 saturated carbocycles. The first-order chi connectivity index (χ1) is 7.66. The molecule has 2 aromatic rings. The predicted octanol–water partition coefficient (Wildman–Crippen LogP) is 1.64. The first-order valence-electron chi connectivity index (χ1n) is 4.64. The van der Waals surface area contributed by atoms with Crippen LogP contribution in [-0.4, -0.2) is 15.4 Å². The van der Waals surface area contributed by atoms with Crippen LogP contribution in [0.3, 0.4) is 0 Å². The number of halogens is 1. The Morgan fingerprint density at radius 1 is 1.25 bits per heavy atom. The zero-order valence-electron chi connectivity index (χ0n) is 8.55. The molecular formula is C11H9ClN2O2. The van der Waals surface area contributed by atoms with Crippen LogP contribution in [0.15, 0.2) is 35.1 Å². The van der Waals surface area contributed by atoms with E-state index in [2.05, 4.69) is 0 Å². The van der Waals surface area contributed by atoms with E-state index in [0.717, 1.165) is 0 Å². The number of hydrogen-bond donors (Lipinski definition) is 0. The van der Waals surface area contributed by atoms with Gasteiger partial charge in [-0.3, -0.25) is 13.9 Å². The quantitative estimate of drug-likeness (QED) is 0.744. The summed E-state index contributed by atoms with van der Waals surface area (Å²) in [6.45, 7) is 0. The number of benzene rings is 1. The van der Waals surface area contributed by atoms with Crippen LogP contribution in [0.5, 0.6) is 0 Å². The number of imidazole rings is 1. The normalized spacial score (nSPS) is 10.4. The highest BCUT2D eigenvalue weighted by atomic mass is 35.5. The van der Waals surface area contributed by atoms with E-state index in [-0.39, 0.29) is 16.5 Å². The van der Waals surface area contributed by atoms with Crippen molar-refractivity contribution in [2.75, 3.05) is 0 Å². The minimum atomic E-state index is -0.335. The van der Waals surface area contributed by atoms with E-state index >= 15 is 0 Å². The van der Waals surface area contributed by atoms with E-state index in [4.69, 9.17) is 11.6 Å². The van der Waals surface area contributed by atoms with Gasteiger partial charge in [0.2, 0.25) is 0 Å². The highest BCUT2D eigenvalue weighted by Crippen LogP contribution is 2.17. The summed E-state index contributed by atoms with van der Waals surface area (Å²) in [6, 6.07) is 8.94. The van der Waals surface area contributed by atoms with Gasteiger partial charge in [0.1, 0.15) is 10.8 Å². The van der Waals surface area contributed by atoms with Gasteiger partial charge in [-0.2, -0.15) is 0 Å². The number of aromatic nitrogens is 2. The first kappa shape index (κ1) is 10.7. The summed E-state index contributed by atoms with van der Waals surface area (Å²) in [5, 5.41) is 0.133. The van der Waals surface area contributed by atoms with Gasteiger partial charge in [0.15, 0.2) is 6.29 Å². The van der Waals surface area contributed by atoms with Gasteiger partial charge in [-0.15, -0.1) is 0 Å². The summed E-state index contributed by atoms with van der Waals surface area (Å²) in [5.74, 6) is 0. The second-order valence-corrected chi connectivity index (χ2v) is 3.66. The molecule has 0 aliphatic carbocycles. The van der Waals surface area contributed by atoms with Crippen LogP contribution in [0.2, 0.25) is 5.15 Å². The molecule has 82 valence electrons. The van der Waals surface area contributed by atoms with Gasteiger partial charge in [0.25, 0.3) is 0 Å². The number of aldehydes is 1. The van der Waals surface area contributed by atoms with Gasteiger partial charge in [0, 0.05) is 7.05 Å². The highest BCUT2D eigenvalue weighted by Gasteiger charge is 2.16. The molecule has 2 rings (SSSR count). The monoisotopic (exact) mass is 236 g/mol. The Balaban J connectivity index is 2.77. The number of carbonyl (C=O) groups is 1. The average Bonchev–Trinajstić information content (AvgIpc) is 2.51. The minimum Gasteiger partial charge on any atom is -0.296 e. The molecule has 0 bridgehead atoms. The molecular weight excluding hydrogens is 228 g/mol. The molecule has 16 heavy (non-hydrogen) atoms. The Hall–Kier alpha value is -1.81. The third kappa shape index (κ3) is 1.47. The zero-order chi connectivity index (χ0) is 11.7. The van der Waals surface area contributed by atoms with Crippen molar-refractivity contribution in [3.05, 3.63) is 51.7 Å². The lowest BCUT2D eigenvalue weighted by molar-refractivity contribution is 0.111. The SMILES string of the molecule is Cn1c(C=O)c(Cl)n(-c2ccccc2)c1=O. The van der Waals surface area contributed by atoms with E-state index in [0.29, 0.717) is 12.0 Å². The van der Waals surface area contributed by atoms with Gasteiger partial charge < -0.3 is 0 Å². The fraction of sp³-hybridized carbons (Fsp3) is 0.0909. The van der Waals surface area contributed by atoms with E-state index < -0.39 is 0 Å². The zero-order valence-corrected chi connectivity index (χ0v) is 9.31. The molecule has 1 aromatic heterocycles. The molecule has 0 atom stereocenters. The van der Waals surface area contributed by atoms with Crippen molar-refractivity contribution in [2.24, 2.45) is 7.05 Å². The second kappa shape index (κ2) is 3.98. The Kier molecular flexibility index (Phi) is 2.66. The van der Waals surface area contributed by atoms with Crippen molar-refractivity contribution in [1.29, 1.82) is 0 Å². The first-order valence-corrected chi connectivity index (χ1v) is 5.02. The molecule has 0 aliphatic heterocycles. The maximum Gasteiger partial charge on any atom is 0.334 e. The standard InChI is InChI=1S/C11H9ClN2O2/c1-13-9(7-15)10(12)14(11(13)16)8-5-3-2-4-6-8/h2-7H,1H3. The predicted molar refractivity (Wildman–Crippen MR) is 61.4 cm³/mol. The molecule has 1 heterocycles. The Morgan fingerprint density at radius 2 is 1.88 bits per heavy atom. The lowest BCUT2D eigenvalue weighted by Gasteiger charge is -2.01. The molecule has 0 fully saturated rings. The van der Waals surface area contributed by atoms with Crippen molar-refractivity contribution >= 4 is 17.9 Å². The smallest absolute Gasteiger partial charge is 0.296 e. The van der Waals surface area contributed by atoms with E-state index in [9.17, 15) is 9.59 Å². The molecule has 0 spiro atoms. The van der Waals surface area contributed by atoms with E-state index in [1.54, 1.807) is 24.3 Å². The van der Waals surface area contributed by atoms with Crippen LogP contribution in [0.4, 0.5) is 0 Å². The molecule has 0 N–H and O–H groups in total. The van der Waals surface area contributed by atoms with Crippen LogP contribution in [0.1, 0.15) is 10.5 Å². The second-order valence-electron chi connectivity index (χ2n) is 3.31. The molecule has 0 saturated heterocycles. The van der Waals surface area contributed by atoms with Crippen LogP contribution in [-0.2, 0) is 7.05 Å². The van der Waals surface area contributed by atoms with Gasteiger partial charge in [-0.1, -0.05) is 29.8 Å². The van der Waals surface area contributed by atoms with E-state index in [1.165, 1.54) is 16.2 Å². The summed E-state index contributed by atoms with van der Waals surface area (Å²) >= 11 is 5.98. The lowest BCUT2D eigenvalue weighted by Crippen LogP contribution is -2.21. The van der Waals surface area contributed by atoms with Crippen molar-refractivity contribution < 1.29 is 4.79 Å². The summed E-state index contributed by atoms with van der Waals surface area (Å²) < 4.78 is 2.52. The van der Waals surface area contributed by atoms with Crippen molar-refractivity contribution in [3.63, 3.8) is 0 Å². The number of nitrogens with zero attached hydrogens (tertiary/aromatic N) is 2. The maximum absolute atomic E-state index is 11.9. The van der Waals surface area contributed by atoms with Crippen LogP contribution < -0.4 is 5.69 Å². The van der Waals surface area contributed by atoms with Crippen molar-refractivity contribution in [3.8, 4) is 5.69 Å². The molecule has 4 nitrogen and oxygen atoms in total. The van der Waals surface area contributed by atoms with Crippen LogP contribution in [0.25, 0.3) is 5.69 Å². The van der Waals surface area contributed by atoms with Crippen LogP contribution in [0, 0.1) is 0 Å². The minimum absolute atomic E-state index is 0.133. The number of para-hydroxylation sites is 1. The molecule has 0 radical (unpaired) electrons. The molecule has 0 aliphatic rings. The van der Waals surface area contributed by atoms with E-state index in [1.807, 2.05) is 6.07 Å². The summed E-state index contributed by atoms with van der Waals surface area (Å²) in [4.78, 5) is 22.6. The Morgan fingerprint density at radius 3 is 2.38 bits per heavy atom. The molecule has 1 aromatic carbocycles. The average molecular weight is 237 g/mol. The summed E-state index contributed by atoms with van der Waals surface area (Å²) in [5.41, 5.74) is 0.481. The third-order valence-electron chi connectivity index (χ3n) is 2.37. The fourth-order valence-electron chi connectivity index (χ4n) is 1.52.